The Hall–Kier alpha value is -2.66. The number of hydrogen-bond acceptors (Lipinski definition) is 4. The topological polar surface area (TPSA) is 81.3 Å². The third-order valence-corrected chi connectivity index (χ3v) is 4.88. The van der Waals surface area contributed by atoms with Crippen molar-refractivity contribution in [2.24, 2.45) is 17.2 Å². The van der Waals surface area contributed by atoms with Crippen LogP contribution in [0.1, 0.15) is 16.7 Å². The van der Waals surface area contributed by atoms with Crippen LogP contribution in [-0.4, -0.2) is 19.6 Å². The molecule has 3 aromatic carbocycles. The summed E-state index contributed by atoms with van der Waals surface area (Å²) in [7, 11) is 0. The fourth-order valence-corrected chi connectivity index (χ4v) is 3.38. The van der Waals surface area contributed by atoms with Crippen molar-refractivity contribution in [2.45, 2.75) is 19.3 Å². The Balaban J connectivity index is 1.97. The molecule has 3 rings (SSSR count). The number of hydrogen-bond donors (Lipinski definition) is 3. The van der Waals surface area contributed by atoms with Crippen LogP contribution in [0.4, 0.5) is 17.1 Å². The van der Waals surface area contributed by atoms with Gasteiger partial charge in [0.05, 0.1) is 0 Å². The van der Waals surface area contributed by atoms with Gasteiger partial charge in [-0.15, -0.1) is 0 Å². The summed E-state index contributed by atoms with van der Waals surface area (Å²) in [6.07, 6.45) is 2.67. The van der Waals surface area contributed by atoms with E-state index in [0.717, 1.165) is 36.3 Å². The molecule has 0 aliphatic carbocycles. The standard InChI is InChI=1S/C24H30N4/c25-16-13-19-1-7-22(8-2-19)28(23-9-3-20(4-10-23)14-17-26)24-11-5-21(6-12-24)15-18-27/h1-12H,13-18,25-27H2. The summed E-state index contributed by atoms with van der Waals surface area (Å²) in [5.74, 6) is 0. The van der Waals surface area contributed by atoms with E-state index in [0.29, 0.717) is 19.6 Å². The summed E-state index contributed by atoms with van der Waals surface area (Å²) in [4.78, 5) is 2.27. The van der Waals surface area contributed by atoms with Crippen molar-refractivity contribution < 1.29 is 0 Å². The zero-order valence-corrected chi connectivity index (χ0v) is 16.4. The largest absolute Gasteiger partial charge is 0.330 e. The van der Waals surface area contributed by atoms with Crippen molar-refractivity contribution in [3.05, 3.63) is 89.5 Å². The molecule has 0 radical (unpaired) electrons. The van der Waals surface area contributed by atoms with Crippen LogP contribution in [0.15, 0.2) is 72.8 Å². The van der Waals surface area contributed by atoms with Gasteiger partial charge in [0.2, 0.25) is 0 Å². The third kappa shape index (κ3) is 4.98. The van der Waals surface area contributed by atoms with E-state index in [4.69, 9.17) is 17.2 Å². The van der Waals surface area contributed by atoms with E-state index in [1.807, 2.05) is 0 Å². The van der Waals surface area contributed by atoms with Gasteiger partial charge in [0.1, 0.15) is 0 Å². The minimum absolute atomic E-state index is 0.661. The van der Waals surface area contributed by atoms with Gasteiger partial charge in [-0.2, -0.15) is 0 Å². The molecular weight excluding hydrogens is 344 g/mol. The Morgan fingerprint density at radius 2 is 0.679 bits per heavy atom. The third-order valence-electron chi connectivity index (χ3n) is 4.88. The molecule has 28 heavy (non-hydrogen) atoms. The highest BCUT2D eigenvalue weighted by Gasteiger charge is 2.12. The minimum Gasteiger partial charge on any atom is -0.330 e. The lowest BCUT2D eigenvalue weighted by atomic mass is 10.1. The molecular formula is C24H30N4. The van der Waals surface area contributed by atoms with Gasteiger partial charge in [-0.25, -0.2) is 0 Å². The highest BCUT2D eigenvalue weighted by molar-refractivity contribution is 5.76. The second-order valence-electron chi connectivity index (χ2n) is 6.95. The van der Waals surface area contributed by atoms with Crippen LogP contribution in [0.2, 0.25) is 0 Å². The van der Waals surface area contributed by atoms with E-state index in [9.17, 15) is 0 Å². The van der Waals surface area contributed by atoms with Gasteiger partial charge in [0.25, 0.3) is 0 Å². The van der Waals surface area contributed by atoms with E-state index in [-0.39, 0.29) is 0 Å². The number of nitrogens with zero attached hydrogens (tertiary/aromatic N) is 1. The molecule has 0 aliphatic rings. The zero-order valence-electron chi connectivity index (χ0n) is 16.4. The molecule has 0 spiro atoms. The van der Waals surface area contributed by atoms with Crippen molar-refractivity contribution in [3.8, 4) is 0 Å². The Labute approximate surface area is 168 Å². The summed E-state index contributed by atoms with van der Waals surface area (Å²) < 4.78 is 0. The lowest BCUT2D eigenvalue weighted by Gasteiger charge is -2.26. The van der Waals surface area contributed by atoms with Crippen molar-refractivity contribution >= 4 is 17.1 Å². The number of rotatable bonds is 9. The average molecular weight is 375 g/mol. The predicted octanol–water partition coefficient (Wildman–Crippen LogP) is 3.66. The van der Waals surface area contributed by atoms with Crippen LogP contribution in [0, 0.1) is 0 Å². The quantitative estimate of drug-likeness (QED) is 0.534. The molecule has 6 N–H and O–H groups in total. The summed E-state index contributed by atoms with van der Waals surface area (Å²) in [5, 5.41) is 0. The number of nitrogens with two attached hydrogens (primary N) is 3. The average Bonchev–Trinajstić information content (AvgIpc) is 2.73. The van der Waals surface area contributed by atoms with Crippen molar-refractivity contribution in [3.63, 3.8) is 0 Å². The van der Waals surface area contributed by atoms with Gasteiger partial charge < -0.3 is 22.1 Å². The van der Waals surface area contributed by atoms with E-state index in [1.165, 1.54) is 16.7 Å². The second-order valence-corrected chi connectivity index (χ2v) is 6.95. The van der Waals surface area contributed by atoms with E-state index < -0.39 is 0 Å². The second kappa shape index (κ2) is 10.0. The normalized spacial score (nSPS) is 10.8. The monoisotopic (exact) mass is 374 g/mol. The predicted molar refractivity (Wildman–Crippen MR) is 119 cm³/mol. The SMILES string of the molecule is NCCc1ccc(N(c2ccc(CCN)cc2)c2ccc(CCN)cc2)cc1. The Morgan fingerprint density at radius 3 is 0.893 bits per heavy atom. The lowest BCUT2D eigenvalue weighted by molar-refractivity contribution is 0.966. The maximum Gasteiger partial charge on any atom is 0.0461 e. The summed E-state index contributed by atoms with van der Waals surface area (Å²) in [6.45, 7) is 1.98. The molecule has 0 fully saturated rings. The highest BCUT2D eigenvalue weighted by atomic mass is 15.1. The van der Waals surface area contributed by atoms with Gasteiger partial charge in [0.15, 0.2) is 0 Å². The molecule has 4 nitrogen and oxygen atoms in total. The maximum absolute atomic E-state index is 5.69. The van der Waals surface area contributed by atoms with Crippen molar-refractivity contribution in [2.75, 3.05) is 24.5 Å². The molecule has 0 aliphatic heterocycles. The molecule has 146 valence electrons. The maximum atomic E-state index is 5.69. The van der Waals surface area contributed by atoms with Crippen LogP contribution in [0.5, 0.6) is 0 Å². The molecule has 0 heterocycles. The van der Waals surface area contributed by atoms with Crippen molar-refractivity contribution in [1.82, 2.24) is 0 Å². The molecule has 0 aromatic heterocycles. The Bertz CT molecular complexity index is 722. The van der Waals surface area contributed by atoms with E-state index in [2.05, 4.69) is 77.7 Å². The first-order chi connectivity index (χ1) is 13.7. The zero-order chi connectivity index (χ0) is 19.8. The summed E-state index contributed by atoms with van der Waals surface area (Å²) in [5.41, 5.74) is 24.2. The van der Waals surface area contributed by atoms with Gasteiger partial charge in [-0.05, 0) is 92.0 Å². The van der Waals surface area contributed by atoms with Gasteiger partial charge in [-0.3, -0.25) is 0 Å². The van der Waals surface area contributed by atoms with Crippen LogP contribution in [0.3, 0.4) is 0 Å². The molecule has 0 bridgehead atoms. The van der Waals surface area contributed by atoms with Crippen LogP contribution < -0.4 is 22.1 Å². The first kappa shape index (κ1) is 20.1. The van der Waals surface area contributed by atoms with Gasteiger partial charge in [0, 0.05) is 17.1 Å². The fraction of sp³-hybridized carbons (Fsp3) is 0.250. The summed E-state index contributed by atoms with van der Waals surface area (Å²) >= 11 is 0. The first-order valence-electron chi connectivity index (χ1n) is 9.92. The smallest absolute Gasteiger partial charge is 0.0461 e. The minimum atomic E-state index is 0.661. The van der Waals surface area contributed by atoms with E-state index >= 15 is 0 Å². The molecule has 0 saturated carbocycles. The Kier molecular flexibility index (Phi) is 7.20. The number of anilines is 3. The van der Waals surface area contributed by atoms with E-state index in [1.54, 1.807) is 0 Å². The molecule has 0 amide bonds. The van der Waals surface area contributed by atoms with Gasteiger partial charge in [-0.1, -0.05) is 36.4 Å². The number of benzene rings is 3. The van der Waals surface area contributed by atoms with Crippen molar-refractivity contribution in [1.29, 1.82) is 0 Å². The van der Waals surface area contributed by atoms with Crippen LogP contribution >= 0.6 is 0 Å². The molecule has 0 atom stereocenters. The molecule has 3 aromatic rings. The van der Waals surface area contributed by atoms with Crippen LogP contribution in [0.25, 0.3) is 0 Å². The molecule has 4 heteroatoms. The fourth-order valence-electron chi connectivity index (χ4n) is 3.38. The molecule has 0 unspecified atom stereocenters. The van der Waals surface area contributed by atoms with Gasteiger partial charge >= 0.3 is 0 Å². The lowest BCUT2D eigenvalue weighted by Crippen LogP contribution is -2.11. The Morgan fingerprint density at radius 1 is 0.429 bits per heavy atom. The molecule has 0 saturated heterocycles. The first-order valence-corrected chi connectivity index (χ1v) is 9.92. The van der Waals surface area contributed by atoms with Crippen LogP contribution in [-0.2, 0) is 19.3 Å². The highest BCUT2D eigenvalue weighted by Crippen LogP contribution is 2.34. The summed E-state index contributed by atoms with van der Waals surface area (Å²) in [6, 6.07) is 25.9.